The van der Waals surface area contributed by atoms with Gasteiger partial charge >= 0.3 is 0 Å². The number of hydrogen-bond donors (Lipinski definition) is 2. The Hall–Kier alpha value is -1.04. The van der Waals surface area contributed by atoms with Gasteiger partial charge in [-0.3, -0.25) is 4.79 Å². The van der Waals surface area contributed by atoms with Crippen LogP contribution in [0.3, 0.4) is 0 Å². The quantitative estimate of drug-likeness (QED) is 0.851. The molecule has 4 nitrogen and oxygen atoms in total. The number of benzene rings is 1. The number of nitrogens with one attached hydrogen (secondary N) is 2. The number of carbonyl (C=O) groups is 1. The molecule has 1 amide bonds. The number of anilines is 1. The summed E-state index contributed by atoms with van der Waals surface area (Å²) in [5.41, 5.74) is 2.00. The van der Waals surface area contributed by atoms with Crippen molar-refractivity contribution in [3.05, 3.63) is 23.8 Å². The van der Waals surface area contributed by atoms with E-state index in [4.69, 9.17) is 4.74 Å². The zero-order chi connectivity index (χ0) is 12.8. The van der Waals surface area contributed by atoms with Crippen LogP contribution < -0.4 is 10.6 Å². The zero-order valence-corrected chi connectivity index (χ0v) is 11.3. The summed E-state index contributed by atoms with van der Waals surface area (Å²) in [6, 6.07) is 6.27. The second-order valence-corrected chi connectivity index (χ2v) is 6.17. The summed E-state index contributed by atoms with van der Waals surface area (Å²) in [5, 5.41) is 6.26. The van der Waals surface area contributed by atoms with E-state index in [2.05, 4.69) is 28.8 Å². The highest BCUT2D eigenvalue weighted by atomic mass is 32.2. The highest BCUT2D eigenvalue weighted by molar-refractivity contribution is 8.00. The zero-order valence-electron chi connectivity index (χ0n) is 10.4. The molecule has 5 heteroatoms. The van der Waals surface area contributed by atoms with Gasteiger partial charge in [-0.1, -0.05) is 6.07 Å². The van der Waals surface area contributed by atoms with Crippen LogP contribution in [-0.2, 0) is 15.1 Å². The first-order chi connectivity index (χ1) is 8.64. The van der Waals surface area contributed by atoms with Gasteiger partial charge < -0.3 is 15.4 Å². The second-order valence-electron chi connectivity index (χ2n) is 4.79. The smallest absolute Gasteiger partial charge is 0.237 e. The molecule has 0 aromatic heterocycles. The van der Waals surface area contributed by atoms with Gasteiger partial charge in [0.1, 0.15) is 0 Å². The lowest BCUT2D eigenvalue weighted by atomic mass is 9.88. The minimum atomic E-state index is -0.0898. The Labute approximate surface area is 110 Å². The van der Waals surface area contributed by atoms with Crippen LogP contribution in [0.2, 0.25) is 0 Å². The molecule has 0 radical (unpaired) electrons. The van der Waals surface area contributed by atoms with Crippen molar-refractivity contribution < 1.29 is 9.53 Å². The van der Waals surface area contributed by atoms with E-state index in [9.17, 15) is 4.79 Å². The van der Waals surface area contributed by atoms with Crippen molar-refractivity contribution in [3.8, 4) is 0 Å². The molecule has 1 aromatic carbocycles. The van der Waals surface area contributed by atoms with Gasteiger partial charge in [-0.05, 0) is 31.7 Å². The molecule has 0 bridgehead atoms. The third kappa shape index (κ3) is 1.74. The summed E-state index contributed by atoms with van der Waals surface area (Å²) in [5.74, 6) is 0.0769. The SMILES string of the molecule is CNC1(c2ccc3c(c2)NC(=O)C(C)S3)COC1. The molecule has 1 fully saturated rings. The molecular formula is C13H16N2O2S. The van der Waals surface area contributed by atoms with Crippen LogP contribution in [0.5, 0.6) is 0 Å². The molecule has 1 saturated heterocycles. The molecule has 96 valence electrons. The molecule has 2 aliphatic rings. The largest absolute Gasteiger partial charge is 0.377 e. The Morgan fingerprint density at radius 3 is 2.89 bits per heavy atom. The normalized spacial score (nSPS) is 25.0. The van der Waals surface area contributed by atoms with Crippen LogP contribution in [0.25, 0.3) is 0 Å². The topological polar surface area (TPSA) is 50.4 Å². The van der Waals surface area contributed by atoms with Gasteiger partial charge in [0.15, 0.2) is 0 Å². The fourth-order valence-electron chi connectivity index (χ4n) is 2.27. The van der Waals surface area contributed by atoms with Crippen molar-refractivity contribution >= 4 is 23.4 Å². The molecule has 0 aliphatic carbocycles. The molecule has 2 N–H and O–H groups in total. The van der Waals surface area contributed by atoms with Crippen molar-refractivity contribution in [2.24, 2.45) is 0 Å². The van der Waals surface area contributed by atoms with Gasteiger partial charge in [0.2, 0.25) is 5.91 Å². The molecule has 2 heterocycles. The van der Waals surface area contributed by atoms with Gasteiger partial charge in [-0.15, -0.1) is 11.8 Å². The molecule has 0 spiro atoms. The Morgan fingerprint density at radius 1 is 1.50 bits per heavy atom. The van der Waals surface area contributed by atoms with E-state index in [0.717, 1.165) is 10.6 Å². The van der Waals surface area contributed by atoms with E-state index < -0.39 is 0 Å². The number of likely N-dealkylation sites (N-methyl/N-ethyl adjacent to an activating group) is 1. The van der Waals surface area contributed by atoms with Gasteiger partial charge in [-0.2, -0.15) is 0 Å². The number of hydrogen-bond acceptors (Lipinski definition) is 4. The van der Waals surface area contributed by atoms with E-state index in [1.807, 2.05) is 14.0 Å². The number of ether oxygens (including phenoxy) is 1. The standard InChI is InChI=1S/C13H16N2O2S/c1-8-12(16)15-10-5-9(3-4-11(10)18-8)13(14-2)6-17-7-13/h3-5,8,14H,6-7H2,1-2H3,(H,15,16). The van der Waals surface area contributed by atoms with E-state index in [1.54, 1.807) is 11.8 Å². The Bertz CT molecular complexity index is 494. The predicted octanol–water partition coefficient (Wildman–Crippen LogP) is 1.56. The molecule has 0 saturated carbocycles. The van der Waals surface area contributed by atoms with E-state index in [1.165, 1.54) is 5.56 Å². The average molecular weight is 264 g/mol. The number of rotatable bonds is 2. The number of amides is 1. The number of fused-ring (bicyclic) bond motifs is 1. The Kier molecular flexibility index (Phi) is 2.84. The van der Waals surface area contributed by atoms with Crippen LogP contribution in [0, 0.1) is 0 Å². The third-order valence-electron chi connectivity index (χ3n) is 3.64. The van der Waals surface area contributed by atoms with E-state index in [0.29, 0.717) is 13.2 Å². The summed E-state index contributed by atoms with van der Waals surface area (Å²) in [7, 11) is 1.94. The van der Waals surface area contributed by atoms with E-state index in [-0.39, 0.29) is 16.7 Å². The van der Waals surface area contributed by atoms with Gasteiger partial charge in [0, 0.05) is 4.90 Å². The third-order valence-corrected chi connectivity index (χ3v) is 4.82. The molecule has 2 aliphatic heterocycles. The first-order valence-corrected chi connectivity index (χ1v) is 6.91. The highest BCUT2D eigenvalue weighted by Gasteiger charge is 2.39. The summed E-state index contributed by atoms with van der Waals surface area (Å²) < 4.78 is 5.31. The minimum absolute atomic E-state index is 0.0198. The lowest BCUT2D eigenvalue weighted by molar-refractivity contribution is -0.115. The maximum Gasteiger partial charge on any atom is 0.237 e. The Balaban J connectivity index is 1.96. The Morgan fingerprint density at radius 2 is 2.28 bits per heavy atom. The summed E-state index contributed by atoms with van der Waals surface area (Å²) in [4.78, 5) is 12.8. The minimum Gasteiger partial charge on any atom is -0.377 e. The van der Waals surface area contributed by atoms with E-state index >= 15 is 0 Å². The van der Waals surface area contributed by atoms with Crippen LogP contribution in [0.4, 0.5) is 5.69 Å². The summed E-state index contributed by atoms with van der Waals surface area (Å²) >= 11 is 1.61. The molecular weight excluding hydrogens is 248 g/mol. The fraction of sp³-hybridized carbons (Fsp3) is 0.462. The maximum atomic E-state index is 11.7. The highest BCUT2D eigenvalue weighted by Crippen LogP contribution is 2.39. The van der Waals surface area contributed by atoms with Crippen molar-refractivity contribution in [2.45, 2.75) is 22.6 Å². The van der Waals surface area contributed by atoms with Crippen molar-refractivity contribution in [1.82, 2.24) is 5.32 Å². The summed E-state index contributed by atoms with van der Waals surface area (Å²) in [6.07, 6.45) is 0. The average Bonchev–Trinajstić information content (AvgIpc) is 2.30. The monoisotopic (exact) mass is 264 g/mol. The number of carbonyl (C=O) groups excluding carboxylic acids is 1. The van der Waals surface area contributed by atoms with Crippen LogP contribution >= 0.6 is 11.8 Å². The van der Waals surface area contributed by atoms with Gasteiger partial charge in [0.25, 0.3) is 0 Å². The van der Waals surface area contributed by atoms with Crippen molar-refractivity contribution in [3.63, 3.8) is 0 Å². The fourth-order valence-corrected chi connectivity index (χ4v) is 3.20. The summed E-state index contributed by atoms with van der Waals surface area (Å²) in [6.45, 7) is 3.28. The van der Waals surface area contributed by atoms with Crippen molar-refractivity contribution in [2.75, 3.05) is 25.6 Å². The van der Waals surface area contributed by atoms with Crippen molar-refractivity contribution in [1.29, 1.82) is 0 Å². The van der Waals surface area contributed by atoms with Crippen LogP contribution in [0.15, 0.2) is 23.1 Å². The molecule has 18 heavy (non-hydrogen) atoms. The molecule has 1 unspecified atom stereocenters. The maximum absolute atomic E-state index is 11.7. The first kappa shape index (κ1) is 12.0. The van der Waals surface area contributed by atoms with Crippen LogP contribution in [-0.4, -0.2) is 31.4 Å². The van der Waals surface area contributed by atoms with Gasteiger partial charge in [-0.25, -0.2) is 0 Å². The molecule has 1 aromatic rings. The lowest BCUT2D eigenvalue weighted by Gasteiger charge is -2.42. The second kappa shape index (κ2) is 4.26. The lowest BCUT2D eigenvalue weighted by Crippen LogP contribution is -2.56. The number of thioether (sulfide) groups is 1. The van der Waals surface area contributed by atoms with Gasteiger partial charge in [0.05, 0.1) is 29.7 Å². The first-order valence-electron chi connectivity index (χ1n) is 6.03. The predicted molar refractivity (Wildman–Crippen MR) is 71.9 cm³/mol. The van der Waals surface area contributed by atoms with Crippen LogP contribution in [0.1, 0.15) is 12.5 Å². The molecule has 1 atom stereocenters. The molecule has 3 rings (SSSR count).